The number of hydrogen-bond donors (Lipinski definition) is 2. The molecule has 2 N–H and O–H groups in total. The van der Waals surface area contributed by atoms with Gasteiger partial charge in [-0.3, -0.25) is 0 Å². The Morgan fingerprint density at radius 3 is 3.07 bits per heavy atom. The molecule has 2 aliphatic rings. The molecule has 0 amide bonds. The summed E-state index contributed by atoms with van der Waals surface area (Å²) in [7, 11) is 0. The summed E-state index contributed by atoms with van der Waals surface area (Å²) in [5, 5.41) is 11.6. The van der Waals surface area contributed by atoms with Crippen LogP contribution in [0.3, 0.4) is 0 Å². The van der Waals surface area contributed by atoms with Crippen molar-refractivity contribution >= 4 is 5.82 Å². The molecular weight excluding hydrogens is 188 g/mol. The van der Waals surface area contributed by atoms with Crippen LogP contribution in [0.5, 0.6) is 0 Å². The maximum Gasteiger partial charge on any atom is 0.127 e. The SMILES string of the molecule is Cc1nn2c(c1C)NCC1CNCCC12. The van der Waals surface area contributed by atoms with Gasteiger partial charge >= 0.3 is 0 Å². The second-order valence-corrected chi connectivity index (χ2v) is 4.70. The molecule has 0 aliphatic carbocycles. The molecule has 1 aromatic rings. The lowest BCUT2D eigenvalue weighted by molar-refractivity contribution is 0.237. The predicted molar refractivity (Wildman–Crippen MR) is 60.2 cm³/mol. The summed E-state index contributed by atoms with van der Waals surface area (Å²) in [6.45, 7) is 7.58. The minimum Gasteiger partial charge on any atom is -0.370 e. The fraction of sp³-hybridized carbons (Fsp3) is 0.727. The van der Waals surface area contributed by atoms with Crippen molar-refractivity contribution < 1.29 is 0 Å². The second kappa shape index (κ2) is 3.23. The number of aryl methyl sites for hydroxylation is 1. The van der Waals surface area contributed by atoms with Crippen LogP contribution in [0.25, 0.3) is 0 Å². The molecule has 3 rings (SSSR count). The topological polar surface area (TPSA) is 41.9 Å². The summed E-state index contributed by atoms with van der Waals surface area (Å²) < 4.78 is 2.22. The Bertz CT molecular complexity index is 382. The largest absolute Gasteiger partial charge is 0.370 e. The van der Waals surface area contributed by atoms with Crippen LogP contribution < -0.4 is 10.6 Å². The van der Waals surface area contributed by atoms with Crippen molar-refractivity contribution in [2.75, 3.05) is 25.0 Å². The van der Waals surface area contributed by atoms with Gasteiger partial charge in [0.2, 0.25) is 0 Å². The highest BCUT2D eigenvalue weighted by Gasteiger charge is 2.33. The first-order valence-electron chi connectivity index (χ1n) is 5.77. The van der Waals surface area contributed by atoms with Crippen LogP contribution in [0.15, 0.2) is 0 Å². The van der Waals surface area contributed by atoms with Gasteiger partial charge in [0.25, 0.3) is 0 Å². The van der Waals surface area contributed by atoms with Gasteiger partial charge in [-0.2, -0.15) is 5.10 Å². The summed E-state index contributed by atoms with van der Waals surface area (Å²) in [6, 6.07) is 0.606. The molecule has 0 spiro atoms. The summed E-state index contributed by atoms with van der Waals surface area (Å²) in [5.41, 5.74) is 2.48. The predicted octanol–water partition coefficient (Wildman–Crippen LogP) is 1.08. The van der Waals surface area contributed by atoms with Crippen molar-refractivity contribution in [2.24, 2.45) is 5.92 Å². The molecule has 4 nitrogen and oxygen atoms in total. The number of anilines is 1. The van der Waals surface area contributed by atoms with Crippen LogP contribution in [0.4, 0.5) is 5.82 Å². The summed E-state index contributed by atoms with van der Waals surface area (Å²) >= 11 is 0. The van der Waals surface area contributed by atoms with E-state index in [0.29, 0.717) is 12.0 Å². The van der Waals surface area contributed by atoms with Gasteiger partial charge in [0.15, 0.2) is 0 Å². The average Bonchev–Trinajstić information content (AvgIpc) is 2.56. The van der Waals surface area contributed by atoms with Crippen molar-refractivity contribution in [1.29, 1.82) is 0 Å². The van der Waals surface area contributed by atoms with E-state index in [4.69, 9.17) is 0 Å². The molecule has 2 aliphatic heterocycles. The lowest BCUT2D eigenvalue weighted by Gasteiger charge is -2.37. The fourth-order valence-corrected chi connectivity index (χ4v) is 2.75. The molecule has 0 saturated carbocycles. The molecule has 0 bridgehead atoms. The minimum atomic E-state index is 0.606. The first kappa shape index (κ1) is 9.21. The van der Waals surface area contributed by atoms with E-state index in [9.17, 15) is 0 Å². The maximum atomic E-state index is 4.66. The van der Waals surface area contributed by atoms with Gasteiger partial charge in [0.05, 0.1) is 11.7 Å². The van der Waals surface area contributed by atoms with Crippen LogP contribution in [-0.4, -0.2) is 29.4 Å². The van der Waals surface area contributed by atoms with E-state index in [1.54, 1.807) is 0 Å². The van der Waals surface area contributed by atoms with Gasteiger partial charge in [-0.15, -0.1) is 0 Å². The van der Waals surface area contributed by atoms with Gasteiger partial charge in [-0.1, -0.05) is 0 Å². The fourth-order valence-electron chi connectivity index (χ4n) is 2.75. The smallest absolute Gasteiger partial charge is 0.127 e. The highest BCUT2D eigenvalue weighted by atomic mass is 15.4. The highest BCUT2D eigenvalue weighted by molar-refractivity contribution is 5.48. The standard InChI is InChI=1S/C11H18N4/c1-7-8(2)14-15-10-3-4-12-5-9(10)6-13-11(7)15/h9-10,12-13H,3-6H2,1-2H3. The number of nitrogens with zero attached hydrogens (tertiary/aromatic N) is 2. The van der Waals surface area contributed by atoms with Crippen LogP contribution >= 0.6 is 0 Å². The molecule has 1 aromatic heterocycles. The summed E-state index contributed by atoms with van der Waals surface area (Å²) in [4.78, 5) is 0. The number of piperidine rings is 1. The molecule has 15 heavy (non-hydrogen) atoms. The number of fused-ring (bicyclic) bond motifs is 3. The first-order chi connectivity index (χ1) is 7.27. The Hall–Kier alpha value is -1.03. The molecule has 1 saturated heterocycles. The zero-order chi connectivity index (χ0) is 10.4. The van der Waals surface area contributed by atoms with Gasteiger partial charge < -0.3 is 10.6 Å². The van der Waals surface area contributed by atoms with Crippen molar-refractivity contribution in [1.82, 2.24) is 15.1 Å². The Kier molecular flexibility index (Phi) is 1.99. The van der Waals surface area contributed by atoms with E-state index in [0.717, 1.165) is 25.3 Å². The van der Waals surface area contributed by atoms with Crippen molar-refractivity contribution in [3.05, 3.63) is 11.3 Å². The van der Waals surface area contributed by atoms with Gasteiger partial charge in [0.1, 0.15) is 5.82 Å². The number of rotatable bonds is 0. The minimum absolute atomic E-state index is 0.606. The zero-order valence-corrected chi connectivity index (χ0v) is 9.38. The normalized spacial score (nSPS) is 29.2. The molecule has 2 atom stereocenters. The molecule has 82 valence electrons. The second-order valence-electron chi connectivity index (χ2n) is 4.70. The average molecular weight is 206 g/mol. The van der Waals surface area contributed by atoms with Crippen molar-refractivity contribution in [3.63, 3.8) is 0 Å². The Morgan fingerprint density at radius 1 is 1.33 bits per heavy atom. The van der Waals surface area contributed by atoms with Gasteiger partial charge in [-0.05, 0) is 26.8 Å². The molecule has 3 heterocycles. The van der Waals surface area contributed by atoms with E-state index in [1.807, 2.05) is 0 Å². The maximum absolute atomic E-state index is 4.66. The van der Waals surface area contributed by atoms with Crippen LogP contribution in [0.2, 0.25) is 0 Å². The van der Waals surface area contributed by atoms with E-state index in [2.05, 4.69) is 34.3 Å². The lowest BCUT2D eigenvalue weighted by atomic mass is 9.92. The van der Waals surface area contributed by atoms with E-state index in [1.165, 1.54) is 17.8 Å². The molecule has 4 heteroatoms. The Labute approximate surface area is 90.0 Å². The number of nitrogens with one attached hydrogen (secondary N) is 2. The van der Waals surface area contributed by atoms with Crippen LogP contribution in [-0.2, 0) is 0 Å². The Balaban J connectivity index is 2.03. The third kappa shape index (κ3) is 1.28. The van der Waals surface area contributed by atoms with Gasteiger partial charge in [-0.25, -0.2) is 4.68 Å². The molecular formula is C11H18N4. The zero-order valence-electron chi connectivity index (χ0n) is 9.38. The van der Waals surface area contributed by atoms with E-state index in [-0.39, 0.29) is 0 Å². The first-order valence-corrected chi connectivity index (χ1v) is 5.77. The third-order valence-corrected chi connectivity index (χ3v) is 3.80. The third-order valence-electron chi connectivity index (χ3n) is 3.80. The lowest BCUT2D eigenvalue weighted by Crippen LogP contribution is -2.44. The molecule has 0 radical (unpaired) electrons. The highest BCUT2D eigenvalue weighted by Crippen LogP contribution is 2.34. The molecule has 1 fully saturated rings. The number of aromatic nitrogens is 2. The monoisotopic (exact) mass is 206 g/mol. The summed E-state index contributed by atoms with van der Waals surface area (Å²) in [6.07, 6.45) is 1.21. The van der Waals surface area contributed by atoms with Gasteiger partial charge in [0, 0.05) is 24.6 Å². The van der Waals surface area contributed by atoms with Crippen molar-refractivity contribution in [3.8, 4) is 0 Å². The van der Waals surface area contributed by atoms with Crippen molar-refractivity contribution in [2.45, 2.75) is 26.3 Å². The number of hydrogen-bond acceptors (Lipinski definition) is 3. The molecule has 2 unspecified atom stereocenters. The van der Waals surface area contributed by atoms with E-state index >= 15 is 0 Å². The molecule has 0 aromatic carbocycles. The summed E-state index contributed by atoms with van der Waals surface area (Å²) in [5.74, 6) is 1.94. The van der Waals surface area contributed by atoms with Crippen LogP contribution in [0.1, 0.15) is 23.7 Å². The quantitative estimate of drug-likeness (QED) is 0.667. The van der Waals surface area contributed by atoms with Crippen LogP contribution in [0, 0.1) is 19.8 Å². The Morgan fingerprint density at radius 2 is 2.20 bits per heavy atom. The van der Waals surface area contributed by atoms with E-state index < -0.39 is 0 Å².